The molecule has 150 valence electrons. The molecule has 2 N–H and O–H groups in total. The topological polar surface area (TPSA) is 111 Å². The van der Waals surface area contributed by atoms with E-state index < -0.39 is 0 Å². The van der Waals surface area contributed by atoms with Gasteiger partial charge in [0.05, 0.1) is 6.54 Å². The second-order valence-electron chi connectivity index (χ2n) is 6.57. The summed E-state index contributed by atoms with van der Waals surface area (Å²) in [6.07, 6.45) is 6.55. The summed E-state index contributed by atoms with van der Waals surface area (Å²) < 4.78 is 1.88. The number of carbonyl (C=O) groups is 1. The summed E-state index contributed by atoms with van der Waals surface area (Å²) in [5, 5.41) is 14.6. The van der Waals surface area contributed by atoms with E-state index in [4.69, 9.17) is 0 Å². The smallest absolute Gasteiger partial charge is 0.251 e. The monoisotopic (exact) mass is 400 g/mol. The molecular weight excluding hydrogens is 380 g/mol. The fraction of sp³-hybridized carbons (Fsp3) is 0.143. The molecule has 0 spiro atoms. The molecule has 3 aromatic heterocycles. The van der Waals surface area contributed by atoms with Gasteiger partial charge in [-0.25, -0.2) is 9.97 Å². The van der Waals surface area contributed by atoms with Crippen LogP contribution >= 0.6 is 0 Å². The van der Waals surface area contributed by atoms with Crippen molar-refractivity contribution in [1.29, 1.82) is 0 Å². The average molecular weight is 400 g/mol. The predicted octanol–water partition coefficient (Wildman–Crippen LogP) is 2.21. The van der Waals surface area contributed by atoms with E-state index in [0.717, 1.165) is 17.1 Å². The van der Waals surface area contributed by atoms with Gasteiger partial charge in [-0.15, -0.1) is 10.2 Å². The highest BCUT2D eigenvalue weighted by molar-refractivity contribution is 5.95. The minimum Gasteiger partial charge on any atom is -0.378 e. The summed E-state index contributed by atoms with van der Waals surface area (Å²) in [6, 6.07) is 12.9. The van der Waals surface area contributed by atoms with Crippen LogP contribution in [-0.4, -0.2) is 35.6 Å². The molecule has 1 aromatic carbocycles. The lowest BCUT2D eigenvalue weighted by molar-refractivity contribution is 0.0951. The van der Waals surface area contributed by atoms with Gasteiger partial charge in [0.25, 0.3) is 5.91 Å². The molecule has 0 atom stereocenters. The first-order valence-corrected chi connectivity index (χ1v) is 9.36. The fourth-order valence-corrected chi connectivity index (χ4v) is 2.90. The SMILES string of the molecule is Cn1c(CNc2cccc(C(=O)NCc3ccncc3)c2)nnc1-c1ccncn1. The van der Waals surface area contributed by atoms with E-state index in [-0.39, 0.29) is 5.91 Å². The lowest BCUT2D eigenvalue weighted by Gasteiger charge is -2.09. The van der Waals surface area contributed by atoms with Crippen LogP contribution in [0.1, 0.15) is 21.7 Å². The van der Waals surface area contributed by atoms with Crippen molar-refractivity contribution in [3.63, 3.8) is 0 Å². The van der Waals surface area contributed by atoms with Crippen molar-refractivity contribution < 1.29 is 4.79 Å². The highest BCUT2D eigenvalue weighted by Gasteiger charge is 2.12. The van der Waals surface area contributed by atoms with Crippen LogP contribution in [0.15, 0.2) is 67.4 Å². The number of hydrogen-bond donors (Lipinski definition) is 2. The van der Waals surface area contributed by atoms with E-state index >= 15 is 0 Å². The number of pyridine rings is 1. The van der Waals surface area contributed by atoms with E-state index in [2.05, 4.69) is 35.8 Å². The fourth-order valence-electron chi connectivity index (χ4n) is 2.90. The third-order valence-electron chi connectivity index (χ3n) is 4.55. The van der Waals surface area contributed by atoms with Gasteiger partial charge in [0.2, 0.25) is 0 Å². The zero-order chi connectivity index (χ0) is 20.8. The number of nitrogens with zero attached hydrogens (tertiary/aromatic N) is 6. The van der Waals surface area contributed by atoms with Gasteiger partial charge in [0, 0.05) is 43.4 Å². The third-order valence-corrected chi connectivity index (χ3v) is 4.55. The number of nitrogens with one attached hydrogen (secondary N) is 2. The Labute approximate surface area is 173 Å². The van der Waals surface area contributed by atoms with Crippen LogP contribution in [0, 0.1) is 0 Å². The molecule has 4 aromatic rings. The van der Waals surface area contributed by atoms with Crippen molar-refractivity contribution in [1.82, 2.24) is 35.0 Å². The quantitative estimate of drug-likeness (QED) is 0.489. The van der Waals surface area contributed by atoms with Gasteiger partial charge in [0.1, 0.15) is 12.0 Å². The summed E-state index contributed by atoms with van der Waals surface area (Å²) in [6.45, 7) is 0.903. The lowest BCUT2D eigenvalue weighted by atomic mass is 10.1. The second-order valence-corrected chi connectivity index (χ2v) is 6.57. The number of aromatic nitrogens is 6. The van der Waals surface area contributed by atoms with Crippen molar-refractivity contribution in [2.24, 2.45) is 7.05 Å². The highest BCUT2D eigenvalue weighted by atomic mass is 16.1. The maximum atomic E-state index is 12.5. The molecule has 0 saturated carbocycles. The van der Waals surface area contributed by atoms with Crippen LogP contribution in [0.5, 0.6) is 0 Å². The number of amides is 1. The third kappa shape index (κ3) is 4.46. The molecule has 0 bridgehead atoms. The van der Waals surface area contributed by atoms with Crippen LogP contribution in [-0.2, 0) is 20.1 Å². The maximum absolute atomic E-state index is 12.5. The summed E-state index contributed by atoms with van der Waals surface area (Å²) >= 11 is 0. The van der Waals surface area contributed by atoms with Gasteiger partial charge in [-0.2, -0.15) is 0 Å². The summed E-state index contributed by atoms with van der Waals surface area (Å²) in [7, 11) is 1.89. The number of rotatable bonds is 7. The van der Waals surface area contributed by atoms with E-state index in [9.17, 15) is 4.79 Å². The molecule has 0 fully saturated rings. The molecule has 0 aliphatic heterocycles. The van der Waals surface area contributed by atoms with E-state index in [1.807, 2.05) is 41.9 Å². The van der Waals surface area contributed by atoms with E-state index in [1.165, 1.54) is 6.33 Å². The minimum atomic E-state index is -0.139. The van der Waals surface area contributed by atoms with Crippen LogP contribution in [0.2, 0.25) is 0 Å². The first-order chi connectivity index (χ1) is 14.7. The Morgan fingerprint density at radius 1 is 1.00 bits per heavy atom. The summed E-state index contributed by atoms with van der Waals surface area (Å²) in [5.41, 5.74) is 3.10. The molecule has 0 aliphatic rings. The molecule has 0 aliphatic carbocycles. The molecule has 4 rings (SSSR count). The normalized spacial score (nSPS) is 10.6. The standard InChI is InChI=1S/C21H20N8O/c1-29-19(27-28-20(29)18-7-10-23-14-26-18)13-24-17-4-2-3-16(11-17)21(30)25-12-15-5-8-22-9-6-15/h2-11,14,24H,12-13H2,1H3,(H,25,30). The van der Waals surface area contributed by atoms with Crippen molar-refractivity contribution in [2.75, 3.05) is 5.32 Å². The molecule has 0 radical (unpaired) electrons. The molecule has 0 saturated heterocycles. The number of hydrogen-bond acceptors (Lipinski definition) is 7. The van der Waals surface area contributed by atoms with Crippen LogP contribution < -0.4 is 10.6 Å². The van der Waals surface area contributed by atoms with Crippen LogP contribution in [0.25, 0.3) is 11.5 Å². The molecule has 0 unspecified atom stereocenters. The second kappa shape index (κ2) is 8.91. The van der Waals surface area contributed by atoms with Gasteiger partial charge in [-0.1, -0.05) is 6.07 Å². The molecule has 9 nitrogen and oxygen atoms in total. The molecule has 3 heterocycles. The Hall–Kier alpha value is -4.14. The van der Waals surface area contributed by atoms with Crippen LogP contribution in [0.3, 0.4) is 0 Å². The van der Waals surface area contributed by atoms with Crippen molar-refractivity contribution in [3.05, 3.63) is 84.3 Å². The highest BCUT2D eigenvalue weighted by Crippen LogP contribution is 2.15. The van der Waals surface area contributed by atoms with Gasteiger partial charge in [-0.3, -0.25) is 9.78 Å². The number of carbonyl (C=O) groups excluding carboxylic acids is 1. The van der Waals surface area contributed by atoms with Crippen molar-refractivity contribution in [3.8, 4) is 11.5 Å². The lowest BCUT2D eigenvalue weighted by Crippen LogP contribution is -2.22. The minimum absolute atomic E-state index is 0.139. The maximum Gasteiger partial charge on any atom is 0.251 e. The molecule has 30 heavy (non-hydrogen) atoms. The number of anilines is 1. The zero-order valence-corrected chi connectivity index (χ0v) is 16.4. The molecule has 1 amide bonds. The van der Waals surface area contributed by atoms with Crippen LogP contribution in [0.4, 0.5) is 5.69 Å². The van der Waals surface area contributed by atoms with Gasteiger partial charge in [-0.05, 0) is 42.0 Å². The summed E-state index contributed by atoms with van der Waals surface area (Å²) in [5.74, 6) is 1.27. The Morgan fingerprint density at radius 3 is 2.63 bits per heavy atom. The molecular formula is C21H20N8O. The molecule has 9 heteroatoms. The Bertz CT molecular complexity index is 1130. The average Bonchev–Trinajstić information content (AvgIpc) is 3.17. The first-order valence-electron chi connectivity index (χ1n) is 9.36. The Morgan fingerprint density at radius 2 is 1.83 bits per heavy atom. The zero-order valence-electron chi connectivity index (χ0n) is 16.4. The Balaban J connectivity index is 1.39. The van der Waals surface area contributed by atoms with Crippen molar-refractivity contribution in [2.45, 2.75) is 13.1 Å². The van der Waals surface area contributed by atoms with Gasteiger partial charge < -0.3 is 15.2 Å². The van der Waals surface area contributed by atoms with E-state index in [1.54, 1.807) is 30.7 Å². The first kappa shape index (κ1) is 19.2. The van der Waals surface area contributed by atoms with Crippen molar-refractivity contribution >= 4 is 11.6 Å². The Kier molecular flexibility index (Phi) is 5.70. The largest absolute Gasteiger partial charge is 0.378 e. The van der Waals surface area contributed by atoms with Gasteiger partial charge in [0.15, 0.2) is 11.6 Å². The predicted molar refractivity (Wildman–Crippen MR) is 111 cm³/mol. The van der Waals surface area contributed by atoms with E-state index in [0.29, 0.717) is 30.2 Å². The number of benzene rings is 1. The summed E-state index contributed by atoms with van der Waals surface area (Å²) in [4.78, 5) is 24.6. The van der Waals surface area contributed by atoms with Gasteiger partial charge >= 0.3 is 0 Å².